The van der Waals surface area contributed by atoms with Crippen LogP contribution in [0.15, 0.2) is 152 Å². The van der Waals surface area contributed by atoms with E-state index in [0.29, 0.717) is 5.56 Å². The van der Waals surface area contributed by atoms with Gasteiger partial charge in [0.2, 0.25) is 23.6 Å². The summed E-state index contributed by atoms with van der Waals surface area (Å²) in [4.78, 5) is 83.5. The van der Waals surface area contributed by atoms with Gasteiger partial charge < -0.3 is 36.1 Å². The van der Waals surface area contributed by atoms with Crippen molar-refractivity contribution in [3.63, 3.8) is 0 Å². The lowest BCUT2D eigenvalue weighted by molar-refractivity contribution is -0.145. The molecule has 0 aliphatic rings. The number of amides is 5. The summed E-state index contributed by atoms with van der Waals surface area (Å²) in [6, 6.07) is 39.6. The third kappa shape index (κ3) is 15.9. The monoisotopic (exact) mass is 867 g/mol. The molecule has 64 heavy (non-hydrogen) atoms. The van der Waals surface area contributed by atoms with Crippen molar-refractivity contribution in [3.05, 3.63) is 179 Å². The van der Waals surface area contributed by atoms with Gasteiger partial charge in [0.25, 0.3) is 0 Å². The van der Waals surface area contributed by atoms with Gasteiger partial charge in [-0.2, -0.15) is 0 Å². The molecule has 0 aliphatic carbocycles. The Morgan fingerprint density at radius 2 is 0.625 bits per heavy atom. The van der Waals surface area contributed by atoms with E-state index in [0.717, 1.165) is 22.3 Å². The fourth-order valence-electron chi connectivity index (χ4n) is 6.96. The number of esters is 1. The van der Waals surface area contributed by atoms with Gasteiger partial charge >= 0.3 is 12.1 Å². The maximum Gasteiger partial charge on any atom is 0.408 e. The van der Waals surface area contributed by atoms with Gasteiger partial charge in [-0.05, 0) is 48.6 Å². The van der Waals surface area contributed by atoms with Crippen LogP contribution in [0, 0.1) is 0 Å². The molecule has 5 N–H and O–H groups in total. The zero-order valence-corrected chi connectivity index (χ0v) is 36.6. The number of methoxy groups -OCH3 is 1. The molecule has 13 heteroatoms. The molecule has 13 nitrogen and oxygen atoms in total. The second-order valence-corrected chi connectivity index (χ2v) is 16.4. The van der Waals surface area contributed by atoms with Crippen LogP contribution >= 0.6 is 0 Å². The number of benzene rings is 5. The SMILES string of the molecule is COC(=O)[C@H](Cc1ccccc1)NC(=O)[C@H](Cc1ccccc1)NC(=O)[C@H](Cc1ccccc1)NC(=O)[C@H](Cc1ccccc1)NC(=O)[C@H](Cc1ccccc1)NC(=O)OC(C)(C)C. The van der Waals surface area contributed by atoms with Crippen LogP contribution in [0.2, 0.25) is 0 Å². The highest BCUT2D eigenvalue weighted by Gasteiger charge is 2.34. The summed E-state index contributed by atoms with van der Waals surface area (Å²) in [6.45, 7) is 5.13. The molecule has 0 spiro atoms. The summed E-state index contributed by atoms with van der Waals surface area (Å²) >= 11 is 0. The molecule has 0 fully saturated rings. The number of hydrogen-bond donors (Lipinski definition) is 5. The summed E-state index contributed by atoms with van der Waals surface area (Å²) in [7, 11) is 1.24. The highest BCUT2D eigenvalue weighted by Crippen LogP contribution is 2.13. The zero-order valence-electron chi connectivity index (χ0n) is 36.6. The van der Waals surface area contributed by atoms with Crippen molar-refractivity contribution in [2.24, 2.45) is 0 Å². The molecule has 5 amide bonds. The summed E-state index contributed by atoms with van der Waals surface area (Å²) in [6.07, 6.45) is -0.440. The van der Waals surface area contributed by atoms with Gasteiger partial charge in [-0.25, -0.2) is 9.59 Å². The van der Waals surface area contributed by atoms with Crippen LogP contribution in [0.4, 0.5) is 4.79 Å². The van der Waals surface area contributed by atoms with Crippen molar-refractivity contribution in [1.29, 1.82) is 0 Å². The molecular formula is C51H57N5O8. The Balaban J connectivity index is 1.43. The first kappa shape index (κ1) is 47.8. The molecule has 0 bridgehead atoms. The number of carbonyl (C=O) groups is 6. The minimum atomic E-state index is -1.24. The maximum absolute atomic E-state index is 14.6. The third-order valence-electron chi connectivity index (χ3n) is 10.1. The maximum atomic E-state index is 14.6. The van der Waals surface area contributed by atoms with Gasteiger partial charge in [0, 0.05) is 32.1 Å². The molecule has 5 atom stereocenters. The summed E-state index contributed by atoms with van der Waals surface area (Å²) in [5.74, 6) is -3.30. The number of nitrogens with one attached hydrogen (secondary N) is 5. The normalized spacial score (nSPS) is 13.4. The average Bonchev–Trinajstić information content (AvgIpc) is 3.28. The van der Waals surface area contributed by atoms with E-state index < -0.39 is 71.5 Å². The van der Waals surface area contributed by atoms with Crippen LogP contribution in [0.1, 0.15) is 48.6 Å². The first-order chi connectivity index (χ1) is 30.8. The molecule has 0 aliphatic heterocycles. The molecule has 5 rings (SSSR count). The predicted octanol–water partition coefficient (Wildman–Crippen LogP) is 5.21. The van der Waals surface area contributed by atoms with Crippen LogP contribution in [0.25, 0.3) is 0 Å². The fourth-order valence-corrected chi connectivity index (χ4v) is 6.96. The lowest BCUT2D eigenvalue weighted by atomic mass is 10.00. The number of alkyl carbamates (subject to hydrolysis) is 1. The zero-order chi connectivity index (χ0) is 45.9. The van der Waals surface area contributed by atoms with Crippen LogP contribution in [0.5, 0.6) is 0 Å². The molecule has 0 heterocycles. The fraction of sp³-hybridized carbons (Fsp3) is 0.294. The van der Waals surface area contributed by atoms with Crippen LogP contribution in [0.3, 0.4) is 0 Å². The summed E-state index contributed by atoms with van der Waals surface area (Å²) in [5.41, 5.74) is 2.88. The molecule has 0 unspecified atom stereocenters. The van der Waals surface area contributed by atoms with Crippen molar-refractivity contribution < 1.29 is 38.2 Å². The van der Waals surface area contributed by atoms with E-state index in [-0.39, 0.29) is 32.1 Å². The van der Waals surface area contributed by atoms with Crippen molar-refractivity contribution in [2.45, 2.75) is 88.7 Å². The van der Waals surface area contributed by atoms with Gasteiger partial charge in [-0.3, -0.25) is 19.2 Å². The Morgan fingerprint density at radius 1 is 0.391 bits per heavy atom. The van der Waals surface area contributed by atoms with Gasteiger partial charge in [-0.15, -0.1) is 0 Å². The molecule has 0 aromatic heterocycles. The smallest absolute Gasteiger partial charge is 0.408 e. The molecule has 0 saturated carbocycles. The van der Waals surface area contributed by atoms with E-state index in [1.54, 1.807) is 32.9 Å². The average molecular weight is 868 g/mol. The molecule has 334 valence electrons. The molecule has 0 saturated heterocycles. The Hall–Kier alpha value is -7.28. The Kier molecular flexibility index (Phi) is 17.8. The first-order valence-electron chi connectivity index (χ1n) is 21.2. The van der Waals surface area contributed by atoms with Gasteiger partial charge in [0.15, 0.2) is 0 Å². The third-order valence-corrected chi connectivity index (χ3v) is 10.1. The standard InChI is InChI=1S/C51H57N5O8/c1-51(2,3)64-50(62)56-43(33-38-26-16-8-17-27-38)48(60)54-41(31-36-22-12-6-13-23-36)46(58)52-40(30-35-20-10-5-11-21-35)45(57)53-42(32-37-24-14-7-15-25-37)47(59)55-44(49(61)63-4)34-39-28-18-9-19-29-39/h5-29,40-44H,30-34H2,1-4H3,(H,52,58)(H,53,57)(H,54,60)(H,55,59)(H,56,62)/t40-,41-,42-,43-,44-/m0/s1. The van der Waals surface area contributed by atoms with Crippen molar-refractivity contribution in [2.75, 3.05) is 7.11 Å². The quantitative estimate of drug-likeness (QED) is 0.0662. The van der Waals surface area contributed by atoms with E-state index in [1.807, 2.05) is 140 Å². The number of ether oxygens (including phenoxy) is 2. The Morgan fingerprint density at radius 3 is 0.875 bits per heavy atom. The van der Waals surface area contributed by atoms with Crippen molar-refractivity contribution >= 4 is 35.7 Å². The van der Waals surface area contributed by atoms with Crippen molar-refractivity contribution in [1.82, 2.24) is 26.6 Å². The second kappa shape index (κ2) is 23.8. The molecule has 5 aromatic carbocycles. The van der Waals surface area contributed by atoms with Crippen LogP contribution < -0.4 is 26.6 Å². The van der Waals surface area contributed by atoms with Crippen LogP contribution in [-0.4, -0.2) is 78.6 Å². The molecular weight excluding hydrogens is 811 g/mol. The van der Waals surface area contributed by atoms with Gasteiger partial charge in [-0.1, -0.05) is 152 Å². The van der Waals surface area contributed by atoms with Crippen LogP contribution in [-0.2, 0) is 65.6 Å². The lowest BCUT2D eigenvalue weighted by Crippen LogP contribution is -2.60. The number of carbonyl (C=O) groups excluding carboxylic acids is 6. The van der Waals surface area contributed by atoms with E-state index in [4.69, 9.17) is 9.47 Å². The molecule has 0 radical (unpaired) electrons. The minimum absolute atomic E-state index is 0.0275. The topological polar surface area (TPSA) is 181 Å². The predicted molar refractivity (Wildman–Crippen MR) is 244 cm³/mol. The largest absolute Gasteiger partial charge is 0.467 e. The minimum Gasteiger partial charge on any atom is -0.467 e. The number of hydrogen-bond acceptors (Lipinski definition) is 8. The summed E-state index contributed by atoms with van der Waals surface area (Å²) in [5, 5.41) is 14.1. The second-order valence-electron chi connectivity index (χ2n) is 16.4. The van der Waals surface area contributed by atoms with E-state index >= 15 is 0 Å². The van der Waals surface area contributed by atoms with E-state index in [2.05, 4.69) is 26.6 Å². The first-order valence-corrected chi connectivity index (χ1v) is 21.2. The van der Waals surface area contributed by atoms with Gasteiger partial charge in [0.05, 0.1) is 7.11 Å². The summed E-state index contributed by atoms with van der Waals surface area (Å²) < 4.78 is 10.5. The highest BCUT2D eigenvalue weighted by atomic mass is 16.6. The lowest BCUT2D eigenvalue weighted by Gasteiger charge is -2.28. The Bertz CT molecular complexity index is 2270. The Labute approximate surface area is 374 Å². The number of rotatable bonds is 20. The van der Waals surface area contributed by atoms with E-state index in [1.165, 1.54) is 7.11 Å². The highest BCUT2D eigenvalue weighted by molar-refractivity contribution is 5.96. The van der Waals surface area contributed by atoms with E-state index in [9.17, 15) is 28.8 Å². The molecule has 5 aromatic rings. The van der Waals surface area contributed by atoms with Crippen molar-refractivity contribution in [3.8, 4) is 0 Å². The van der Waals surface area contributed by atoms with Gasteiger partial charge in [0.1, 0.15) is 35.8 Å².